The van der Waals surface area contributed by atoms with Crippen molar-refractivity contribution in [1.82, 2.24) is 19.6 Å². The summed E-state index contributed by atoms with van der Waals surface area (Å²) in [7, 11) is 1.67. The summed E-state index contributed by atoms with van der Waals surface area (Å²) in [5.41, 5.74) is 0.394. The number of aliphatic hydroxyl groups excluding tert-OH is 3. The number of hydrogen-bond acceptors (Lipinski definition) is 7. The number of hydrogen-bond donors (Lipinski definition) is 3. The van der Waals surface area contributed by atoms with Crippen LogP contribution in [-0.2, 0) is 11.8 Å². The number of fused-ring (bicyclic) bond motifs is 1. The van der Waals surface area contributed by atoms with Crippen LogP contribution in [-0.4, -0.2) is 59.8 Å². The molecule has 9 nitrogen and oxygen atoms in total. The minimum absolute atomic E-state index is 0.245. The van der Waals surface area contributed by atoms with Crippen LogP contribution in [0.3, 0.4) is 0 Å². The lowest BCUT2D eigenvalue weighted by atomic mass is 10.1. The maximum atomic E-state index is 12.0. The van der Waals surface area contributed by atoms with Crippen LogP contribution < -0.4 is 5.56 Å². The molecule has 0 saturated carbocycles. The predicted octanol–water partition coefficient (Wildman–Crippen LogP) is -2.26. The monoisotopic (exact) mass is 282 g/mol. The van der Waals surface area contributed by atoms with Crippen molar-refractivity contribution >= 4 is 11.2 Å². The van der Waals surface area contributed by atoms with Gasteiger partial charge in [0.2, 0.25) is 0 Å². The molecule has 108 valence electrons. The molecule has 1 aliphatic heterocycles. The van der Waals surface area contributed by atoms with Gasteiger partial charge in [-0.1, -0.05) is 5.21 Å². The molecule has 2 aromatic rings. The molecule has 1 saturated heterocycles. The standard InChI is InChI=1S/C11H14N4O5/c1-14-5-2-3-7(17)15(10(5)12-13-14)11-9(19)8(18)6(4-16)20-11/h2-3,6,8-9,11,16,18-19H,4H2,1H3/t6-,8-,9+,11-/m1/s1. The second-order valence-electron chi connectivity index (χ2n) is 4.69. The molecular formula is C11H14N4O5. The van der Waals surface area contributed by atoms with E-state index >= 15 is 0 Å². The normalized spacial score (nSPS) is 30.2. The van der Waals surface area contributed by atoms with Crippen LogP contribution in [0.2, 0.25) is 0 Å². The number of nitrogens with zero attached hydrogens (tertiary/aromatic N) is 4. The molecule has 0 spiro atoms. The highest BCUT2D eigenvalue weighted by molar-refractivity contribution is 5.70. The Bertz CT molecular complexity index is 696. The summed E-state index contributed by atoms with van der Waals surface area (Å²) in [4.78, 5) is 12.0. The van der Waals surface area contributed by atoms with Gasteiger partial charge in [0.05, 0.1) is 6.61 Å². The number of aromatic nitrogens is 4. The summed E-state index contributed by atoms with van der Waals surface area (Å²) < 4.78 is 7.96. The van der Waals surface area contributed by atoms with Crippen LogP contribution in [0, 0.1) is 0 Å². The van der Waals surface area contributed by atoms with Crippen molar-refractivity contribution in [2.24, 2.45) is 7.05 Å². The quantitative estimate of drug-likeness (QED) is 0.568. The molecule has 4 atom stereocenters. The minimum Gasteiger partial charge on any atom is -0.394 e. The third-order valence-electron chi connectivity index (χ3n) is 3.47. The fourth-order valence-electron chi connectivity index (χ4n) is 2.38. The Balaban J connectivity index is 2.15. The molecule has 2 aromatic heterocycles. The van der Waals surface area contributed by atoms with E-state index in [9.17, 15) is 15.0 Å². The highest BCUT2D eigenvalue weighted by atomic mass is 16.6. The first-order valence-electron chi connectivity index (χ1n) is 6.08. The maximum Gasteiger partial charge on any atom is 0.254 e. The Morgan fingerprint density at radius 2 is 2.10 bits per heavy atom. The summed E-state index contributed by atoms with van der Waals surface area (Å²) in [5.74, 6) is 0. The molecule has 0 unspecified atom stereocenters. The fourth-order valence-corrected chi connectivity index (χ4v) is 2.38. The van der Waals surface area contributed by atoms with Crippen molar-refractivity contribution in [1.29, 1.82) is 0 Å². The Morgan fingerprint density at radius 3 is 2.75 bits per heavy atom. The van der Waals surface area contributed by atoms with Crippen LogP contribution in [0.5, 0.6) is 0 Å². The van der Waals surface area contributed by atoms with Gasteiger partial charge >= 0.3 is 0 Å². The first kappa shape index (κ1) is 13.2. The second kappa shape index (κ2) is 4.63. The van der Waals surface area contributed by atoms with Gasteiger partial charge < -0.3 is 20.1 Å². The molecular weight excluding hydrogens is 268 g/mol. The first-order valence-corrected chi connectivity index (χ1v) is 6.08. The molecule has 0 aromatic carbocycles. The molecule has 0 bridgehead atoms. The van der Waals surface area contributed by atoms with E-state index in [1.54, 1.807) is 13.1 Å². The number of aryl methyl sites for hydroxylation is 1. The van der Waals surface area contributed by atoms with E-state index in [0.717, 1.165) is 4.57 Å². The van der Waals surface area contributed by atoms with E-state index in [-0.39, 0.29) is 5.65 Å². The lowest BCUT2D eigenvalue weighted by Gasteiger charge is -2.17. The second-order valence-corrected chi connectivity index (χ2v) is 4.69. The van der Waals surface area contributed by atoms with Gasteiger partial charge in [-0.15, -0.1) is 5.10 Å². The van der Waals surface area contributed by atoms with Crippen LogP contribution in [0.15, 0.2) is 16.9 Å². The molecule has 0 aliphatic carbocycles. The van der Waals surface area contributed by atoms with Gasteiger partial charge in [-0.3, -0.25) is 9.36 Å². The van der Waals surface area contributed by atoms with E-state index in [1.807, 2.05) is 0 Å². The largest absolute Gasteiger partial charge is 0.394 e. The lowest BCUT2D eigenvalue weighted by Crippen LogP contribution is -2.35. The fraction of sp³-hybridized carbons (Fsp3) is 0.545. The van der Waals surface area contributed by atoms with Gasteiger partial charge in [-0.05, 0) is 6.07 Å². The summed E-state index contributed by atoms with van der Waals surface area (Å²) in [6.07, 6.45) is -4.68. The topological polar surface area (TPSA) is 123 Å². The molecule has 20 heavy (non-hydrogen) atoms. The first-order chi connectivity index (χ1) is 9.54. The number of rotatable bonds is 2. The third kappa shape index (κ3) is 1.75. The van der Waals surface area contributed by atoms with Crippen molar-refractivity contribution in [3.8, 4) is 0 Å². The number of aliphatic hydroxyl groups is 3. The Hall–Kier alpha value is -1.81. The van der Waals surface area contributed by atoms with Crippen LogP contribution in [0.4, 0.5) is 0 Å². The Labute approximate surface area is 112 Å². The van der Waals surface area contributed by atoms with E-state index in [0.29, 0.717) is 5.52 Å². The third-order valence-corrected chi connectivity index (χ3v) is 3.47. The zero-order chi connectivity index (χ0) is 14.4. The molecule has 0 amide bonds. The lowest BCUT2D eigenvalue weighted by molar-refractivity contribution is -0.0524. The van der Waals surface area contributed by atoms with Crippen molar-refractivity contribution in [2.45, 2.75) is 24.5 Å². The zero-order valence-corrected chi connectivity index (χ0v) is 10.6. The summed E-state index contributed by atoms with van der Waals surface area (Å²) in [6.45, 7) is -0.458. The highest BCUT2D eigenvalue weighted by Gasteiger charge is 2.44. The molecule has 3 N–H and O–H groups in total. The molecule has 1 aliphatic rings. The minimum atomic E-state index is -1.34. The average Bonchev–Trinajstić information content (AvgIpc) is 2.93. The number of ether oxygens (including phenoxy) is 1. The molecule has 1 fully saturated rings. The predicted molar refractivity (Wildman–Crippen MR) is 65.8 cm³/mol. The van der Waals surface area contributed by atoms with Crippen molar-refractivity contribution in [3.05, 3.63) is 22.5 Å². The van der Waals surface area contributed by atoms with Gasteiger partial charge in [0.25, 0.3) is 5.56 Å². The summed E-state index contributed by atoms with van der Waals surface area (Å²) >= 11 is 0. The Morgan fingerprint density at radius 1 is 1.35 bits per heavy atom. The van der Waals surface area contributed by atoms with Gasteiger partial charge in [-0.2, -0.15) is 0 Å². The van der Waals surface area contributed by atoms with E-state index in [1.165, 1.54) is 10.7 Å². The molecule has 3 heterocycles. The Kier molecular flexibility index (Phi) is 3.05. The molecule has 0 radical (unpaired) electrons. The zero-order valence-electron chi connectivity index (χ0n) is 10.6. The van der Waals surface area contributed by atoms with Crippen molar-refractivity contribution < 1.29 is 20.1 Å². The van der Waals surface area contributed by atoms with Gasteiger partial charge in [0, 0.05) is 13.1 Å². The molecule has 3 rings (SSSR count). The van der Waals surface area contributed by atoms with Crippen LogP contribution in [0.1, 0.15) is 6.23 Å². The summed E-state index contributed by atoms with van der Waals surface area (Å²) in [5, 5.41) is 36.5. The smallest absolute Gasteiger partial charge is 0.254 e. The highest BCUT2D eigenvalue weighted by Crippen LogP contribution is 2.29. The molecule has 9 heteroatoms. The van der Waals surface area contributed by atoms with Gasteiger partial charge in [0.15, 0.2) is 11.9 Å². The average molecular weight is 282 g/mol. The van der Waals surface area contributed by atoms with E-state index in [4.69, 9.17) is 9.84 Å². The van der Waals surface area contributed by atoms with Crippen molar-refractivity contribution in [3.63, 3.8) is 0 Å². The SMILES string of the molecule is Cn1nnc2c1ccc(=O)n2[C@@H]1O[C@H](CO)[C@@H](O)[C@@H]1O. The van der Waals surface area contributed by atoms with Gasteiger partial charge in [0.1, 0.15) is 23.8 Å². The van der Waals surface area contributed by atoms with Crippen LogP contribution >= 0.6 is 0 Å². The summed E-state index contributed by atoms with van der Waals surface area (Å²) in [6, 6.07) is 2.87. The maximum absolute atomic E-state index is 12.0. The number of pyridine rings is 1. The van der Waals surface area contributed by atoms with Crippen LogP contribution in [0.25, 0.3) is 11.2 Å². The van der Waals surface area contributed by atoms with Gasteiger partial charge in [-0.25, -0.2) is 4.68 Å². The van der Waals surface area contributed by atoms with Crippen molar-refractivity contribution in [2.75, 3.05) is 6.61 Å². The van der Waals surface area contributed by atoms with E-state index < -0.39 is 36.7 Å². The van der Waals surface area contributed by atoms with E-state index in [2.05, 4.69) is 10.3 Å².